The molecule has 1 amide bonds. The molecule has 2 aromatic heterocycles. The molecule has 0 saturated carbocycles. The Balaban J connectivity index is 0.000000271. The van der Waals surface area contributed by atoms with Gasteiger partial charge in [0.25, 0.3) is 0 Å². The number of pyridine rings is 1. The van der Waals surface area contributed by atoms with Crippen molar-refractivity contribution in [3.63, 3.8) is 0 Å². The number of halogens is 6. The molecule has 15 heteroatoms. The lowest BCUT2D eigenvalue weighted by Crippen LogP contribution is -2.31. The first-order valence-corrected chi connectivity index (χ1v) is 10.2. The molecule has 9 nitrogen and oxygen atoms in total. The average molecular weight is 525 g/mol. The third-order valence-corrected chi connectivity index (χ3v) is 5.21. The molecule has 0 bridgehead atoms. The molecule has 2 aromatic rings. The highest BCUT2D eigenvalue weighted by Crippen LogP contribution is 2.41. The number of carbonyl (C=O) groups excluding carboxylic acids is 1. The van der Waals surface area contributed by atoms with Crippen LogP contribution in [0.4, 0.5) is 32.2 Å². The third kappa shape index (κ3) is 8.25. The highest BCUT2D eigenvalue weighted by atomic mass is 19.4. The predicted octanol–water partition coefficient (Wildman–Crippen LogP) is 3.57. The maximum Gasteiger partial charge on any atom is 0.490 e. The van der Waals surface area contributed by atoms with Crippen molar-refractivity contribution >= 4 is 23.7 Å². The molecule has 2 N–H and O–H groups in total. The number of carbonyl (C=O) groups is 3. The number of nitrogens with zero attached hydrogens (tertiary/aromatic N) is 3. The second kappa shape index (κ2) is 11.4. The molecule has 1 atom stereocenters. The summed E-state index contributed by atoms with van der Waals surface area (Å²) in [6.07, 6.45) is -5.03. The van der Waals surface area contributed by atoms with Gasteiger partial charge in [-0.3, -0.25) is 14.6 Å². The van der Waals surface area contributed by atoms with Crippen molar-refractivity contribution in [3.8, 4) is 0 Å². The standard InChI is InChI=1S/C17H19N3O2.2C2HF3O2/c21-16-10-17(13-20(16)15-5-1-2-7-18-15)6-8-19(12-17)11-14-4-3-9-22-14;2*3-2(4,5)1(6)7/h1-5,7,9H,6,8,10-13H2;2*(H,6,7). The number of alkyl halides is 6. The summed E-state index contributed by atoms with van der Waals surface area (Å²) < 4.78 is 68.9. The van der Waals surface area contributed by atoms with Gasteiger partial charge in [0.1, 0.15) is 11.6 Å². The largest absolute Gasteiger partial charge is 0.490 e. The van der Waals surface area contributed by atoms with Crippen LogP contribution in [0.3, 0.4) is 0 Å². The molecule has 2 fully saturated rings. The Hall–Kier alpha value is -3.62. The first kappa shape index (κ1) is 28.6. The van der Waals surface area contributed by atoms with Crippen molar-refractivity contribution in [2.45, 2.75) is 31.7 Å². The van der Waals surface area contributed by atoms with E-state index in [1.807, 2.05) is 35.2 Å². The van der Waals surface area contributed by atoms with Crippen molar-refractivity contribution < 1.29 is 55.4 Å². The van der Waals surface area contributed by atoms with E-state index < -0.39 is 24.3 Å². The van der Waals surface area contributed by atoms with Gasteiger partial charge in [-0.25, -0.2) is 14.6 Å². The quantitative estimate of drug-likeness (QED) is 0.583. The van der Waals surface area contributed by atoms with Crippen LogP contribution in [0.25, 0.3) is 0 Å². The predicted molar refractivity (Wildman–Crippen MR) is 110 cm³/mol. The van der Waals surface area contributed by atoms with Crippen LogP contribution in [0.15, 0.2) is 47.2 Å². The van der Waals surface area contributed by atoms with E-state index >= 15 is 0 Å². The van der Waals surface area contributed by atoms with E-state index in [0.29, 0.717) is 6.42 Å². The summed E-state index contributed by atoms with van der Waals surface area (Å²) in [5.41, 5.74) is 0.0706. The number of hydrogen-bond donors (Lipinski definition) is 2. The van der Waals surface area contributed by atoms with Crippen LogP contribution < -0.4 is 4.90 Å². The van der Waals surface area contributed by atoms with E-state index in [2.05, 4.69) is 9.88 Å². The number of anilines is 1. The van der Waals surface area contributed by atoms with Crippen LogP contribution in [0.1, 0.15) is 18.6 Å². The molecular weight excluding hydrogens is 504 g/mol. The van der Waals surface area contributed by atoms with Gasteiger partial charge in [-0.15, -0.1) is 0 Å². The summed E-state index contributed by atoms with van der Waals surface area (Å²) in [5.74, 6) is -3.56. The van der Waals surface area contributed by atoms with Crippen LogP contribution in [-0.4, -0.2) is 69.9 Å². The molecule has 36 heavy (non-hydrogen) atoms. The number of amides is 1. The van der Waals surface area contributed by atoms with Gasteiger partial charge in [0.05, 0.1) is 12.8 Å². The Morgan fingerprint density at radius 2 is 1.61 bits per heavy atom. The molecule has 2 saturated heterocycles. The number of furan rings is 1. The van der Waals surface area contributed by atoms with Gasteiger partial charge >= 0.3 is 24.3 Å². The Bertz CT molecular complexity index is 1010. The van der Waals surface area contributed by atoms with Crippen LogP contribution in [0, 0.1) is 5.41 Å². The highest BCUT2D eigenvalue weighted by Gasteiger charge is 2.48. The Morgan fingerprint density at radius 1 is 1.00 bits per heavy atom. The Labute approximate surface area is 199 Å². The summed E-state index contributed by atoms with van der Waals surface area (Å²) in [7, 11) is 0. The van der Waals surface area contributed by atoms with Gasteiger partial charge in [0.15, 0.2) is 0 Å². The van der Waals surface area contributed by atoms with Crippen molar-refractivity contribution in [1.82, 2.24) is 9.88 Å². The number of hydrogen-bond acceptors (Lipinski definition) is 6. The molecule has 198 valence electrons. The SMILES string of the molecule is O=C(O)C(F)(F)F.O=C(O)C(F)(F)F.O=C1CC2(CCN(Cc3ccco3)C2)CN1c1ccccn1. The Kier molecular flexibility index (Phi) is 9.07. The summed E-state index contributed by atoms with van der Waals surface area (Å²) in [4.78, 5) is 38.7. The normalized spacial score (nSPS) is 19.9. The molecule has 2 aliphatic rings. The summed E-state index contributed by atoms with van der Waals surface area (Å²) in [5, 5.41) is 14.2. The second-order valence-corrected chi connectivity index (χ2v) is 7.99. The van der Waals surface area contributed by atoms with Crippen molar-refractivity contribution in [2.24, 2.45) is 5.41 Å². The van der Waals surface area contributed by atoms with Crippen molar-refractivity contribution in [1.29, 1.82) is 0 Å². The van der Waals surface area contributed by atoms with Gasteiger partial charge in [-0.2, -0.15) is 26.3 Å². The lowest BCUT2D eigenvalue weighted by atomic mass is 9.86. The number of rotatable bonds is 3. The number of aromatic nitrogens is 1. The molecule has 1 spiro atoms. The van der Waals surface area contributed by atoms with Gasteiger partial charge < -0.3 is 14.6 Å². The van der Waals surface area contributed by atoms with Gasteiger partial charge in [0.2, 0.25) is 5.91 Å². The minimum atomic E-state index is -5.08. The van der Waals surface area contributed by atoms with E-state index in [-0.39, 0.29) is 11.3 Å². The number of carboxylic acids is 2. The number of aliphatic carboxylic acids is 2. The molecule has 4 heterocycles. The first-order chi connectivity index (χ1) is 16.6. The van der Waals surface area contributed by atoms with E-state index in [9.17, 15) is 31.1 Å². The average Bonchev–Trinajstić information content (AvgIpc) is 3.50. The monoisotopic (exact) mass is 525 g/mol. The van der Waals surface area contributed by atoms with Crippen LogP contribution in [0.5, 0.6) is 0 Å². The first-order valence-electron chi connectivity index (χ1n) is 10.2. The number of carboxylic acid groups (broad SMARTS) is 2. The molecule has 0 radical (unpaired) electrons. The topological polar surface area (TPSA) is 124 Å². The number of likely N-dealkylation sites (tertiary alicyclic amines) is 1. The van der Waals surface area contributed by atoms with Gasteiger partial charge in [-0.05, 0) is 37.2 Å². The highest BCUT2D eigenvalue weighted by molar-refractivity contribution is 5.95. The maximum absolute atomic E-state index is 12.4. The maximum atomic E-state index is 12.4. The minimum Gasteiger partial charge on any atom is -0.475 e. The van der Waals surface area contributed by atoms with Gasteiger partial charge in [-0.1, -0.05) is 6.07 Å². The van der Waals surface area contributed by atoms with E-state index in [0.717, 1.165) is 44.2 Å². The lowest BCUT2D eigenvalue weighted by molar-refractivity contribution is -0.193. The molecular formula is C21H21F6N3O6. The van der Waals surface area contributed by atoms with Crippen molar-refractivity contribution in [3.05, 3.63) is 48.6 Å². The summed E-state index contributed by atoms with van der Waals surface area (Å²) >= 11 is 0. The second-order valence-electron chi connectivity index (χ2n) is 7.99. The third-order valence-electron chi connectivity index (χ3n) is 5.21. The molecule has 0 aromatic carbocycles. The van der Waals surface area contributed by atoms with E-state index in [1.54, 1.807) is 12.5 Å². The fourth-order valence-corrected chi connectivity index (χ4v) is 3.68. The minimum absolute atomic E-state index is 0.0706. The Morgan fingerprint density at radius 3 is 2.08 bits per heavy atom. The fraction of sp³-hybridized carbons (Fsp3) is 0.429. The molecule has 0 aliphatic carbocycles. The van der Waals surface area contributed by atoms with E-state index in [4.69, 9.17) is 24.2 Å². The van der Waals surface area contributed by atoms with Crippen LogP contribution >= 0.6 is 0 Å². The molecule has 4 rings (SSSR count). The smallest absolute Gasteiger partial charge is 0.475 e. The van der Waals surface area contributed by atoms with Crippen molar-refractivity contribution in [2.75, 3.05) is 24.5 Å². The van der Waals surface area contributed by atoms with Crippen LogP contribution in [0.2, 0.25) is 0 Å². The zero-order valence-corrected chi connectivity index (χ0v) is 18.4. The summed E-state index contributed by atoms with van der Waals surface area (Å²) in [6.45, 7) is 3.57. The van der Waals surface area contributed by atoms with Gasteiger partial charge in [0, 0.05) is 31.1 Å². The zero-order chi connectivity index (χ0) is 27.1. The van der Waals surface area contributed by atoms with E-state index in [1.165, 1.54) is 0 Å². The zero-order valence-electron chi connectivity index (χ0n) is 18.4. The molecule has 2 aliphatic heterocycles. The fourth-order valence-electron chi connectivity index (χ4n) is 3.68. The molecule has 1 unspecified atom stereocenters. The summed E-state index contributed by atoms with van der Waals surface area (Å²) in [6, 6.07) is 9.64. The van der Waals surface area contributed by atoms with Crippen LogP contribution in [-0.2, 0) is 20.9 Å². The lowest BCUT2D eigenvalue weighted by Gasteiger charge is -2.23.